The average Bonchev–Trinajstić information content (AvgIpc) is 3.10. The van der Waals surface area contributed by atoms with Crippen molar-refractivity contribution in [2.75, 3.05) is 6.54 Å². The lowest BCUT2D eigenvalue weighted by atomic mass is 10.1. The number of para-hydroxylation sites is 1. The van der Waals surface area contributed by atoms with Crippen LogP contribution < -0.4 is 10.6 Å². The highest BCUT2D eigenvalue weighted by atomic mass is 32.1. The number of benzene rings is 2. The van der Waals surface area contributed by atoms with E-state index in [1.54, 1.807) is 0 Å². The van der Waals surface area contributed by atoms with Gasteiger partial charge >= 0.3 is 0 Å². The van der Waals surface area contributed by atoms with Crippen LogP contribution in [-0.2, 0) is 6.54 Å². The summed E-state index contributed by atoms with van der Waals surface area (Å²) >= 11 is 5.33. The summed E-state index contributed by atoms with van der Waals surface area (Å²) in [4.78, 5) is 0. The van der Waals surface area contributed by atoms with E-state index in [1.165, 1.54) is 0 Å². The number of nitrogens with one attached hydrogen (secondary N) is 2. The Hall–Kier alpha value is -2.66. The fraction of sp³-hybridized carbons (Fsp3) is 0.200. The smallest absolute Gasteiger partial charge is 0.166 e. The minimum Gasteiger partial charge on any atom is -0.363 e. The average molecular weight is 350 g/mol. The summed E-state index contributed by atoms with van der Waals surface area (Å²) < 4.78 is 1.92. The summed E-state index contributed by atoms with van der Waals surface area (Å²) in [6.45, 7) is 3.63. The van der Waals surface area contributed by atoms with E-state index in [9.17, 15) is 0 Å². The van der Waals surface area contributed by atoms with Crippen LogP contribution in [0.4, 0.5) is 0 Å². The molecule has 5 heteroatoms. The molecule has 1 aromatic heterocycles. The van der Waals surface area contributed by atoms with Gasteiger partial charge in [0, 0.05) is 30.4 Å². The van der Waals surface area contributed by atoms with Gasteiger partial charge in [-0.25, -0.2) is 4.68 Å². The molecule has 3 aromatic rings. The summed E-state index contributed by atoms with van der Waals surface area (Å²) in [5.41, 5.74) is 4.21. The maximum atomic E-state index is 5.33. The van der Waals surface area contributed by atoms with Crippen LogP contribution in [0.1, 0.15) is 18.9 Å². The second-order valence-corrected chi connectivity index (χ2v) is 6.17. The van der Waals surface area contributed by atoms with Crippen LogP contribution in [0.5, 0.6) is 0 Å². The number of thiocarbonyl (C=S) groups is 1. The summed E-state index contributed by atoms with van der Waals surface area (Å²) in [5.74, 6) is 0. The number of hydrogen-bond acceptors (Lipinski definition) is 2. The molecule has 0 bridgehead atoms. The molecular weight excluding hydrogens is 328 g/mol. The van der Waals surface area contributed by atoms with Gasteiger partial charge in [0.05, 0.1) is 11.4 Å². The molecule has 0 saturated heterocycles. The van der Waals surface area contributed by atoms with Gasteiger partial charge in [0.25, 0.3) is 0 Å². The highest BCUT2D eigenvalue weighted by Crippen LogP contribution is 2.23. The monoisotopic (exact) mass is 350 g/mol. The van der Waals surface area contributed by atoms with Crippen LogP contribution in [0.2, 0.25) is 0 Å². The van der Waals surface area contributed by atoms with E-state index in [0.717, 1.165) is 35.5 Å². The molecule has 128 valence electrons. The summed E-state index contributed by atoms with van der Waals surface area (Å²) in [6, 6.07) is 20.4. The van der Waals surface area contributed by atoms with Crippen molar-refractivity contribution in [1.29, 1.82) is 0 Å². The molecule has 0 atom stereocenters. The van der Waals surface area contributed by atoms with E-state index in [-0.39, 0.29) is 0 Å². The van der Waals surface area contributed by atoms with Gasteiger partial charge < -0.3 is 10.6 Å². The molecule has 0 aliphatic carbocycles. The van der Waals surface area contributed by atoms with Gasteiger partial charge in [-0.3, -0.25) is 0 Å². The van der Waals surface area contributed by atoms with Crippen molar-refractivity contribution in [2.24, 2.45) is 0 Å². The predicted octanol–water partition coefficient (Wildman–Crippen LogP) is 3.91. The molecule has 0 aliphatic rings. The Bertz CT molecular complexity index is 812. The van der Waals surface area contributed by atoms with Crippen LogP contribution in [0.25, 0.3) is 16.9 Å². The van der Waals surface area contributed by atoms with Crippen molar-refractivity contribution in [1.82, 2.24) is 20.4 Å². The molecule has 0 radical (unpaired) electrons. The second-order valence-electron chi connectivity index (χ2n) is 5.76. The van der Waals surface area contributed by atoms with Crippen molar-refractivity contribution in [3.8, 4) is 16.9 Å². The van der Waals surface area contributed by atoms with Crippen molar-refractivity contribution in [3.63, 3.8) is 0 Å². The zero-order chi connectivity index (χ0) is 17.5. The molecule has 0 saturated carbocycles. The predicted molar refractivity (Wildman–Crippen MR) is 107 cm³/mol. The first-order valence-electron chi connectivity index (χ1n) is 8.49. The quantitative estimate of drug-likeness (QED) is 0.662. The molecule has 0 spiro atoms. The third-order valence-electron chi connectivity index (χ3n) is 3.83. The molecule has 2 N–H and O–H groups in total. The zero-order valence-electron chi connectivity index (χ0n) is 14.3. The number of aromatic nitrogens is 2. The Morgan fingerprint density at radius 3 is 2.36 bits per heavy atom. The maximum absolute atomic E-state index is 5.33. The molecule has 3 rings (SSSR count). The van der Waals surface area contributed by atoms with E-state index in [1.807, 2.05) is 53.2 Å². The lowest BCUT2D eigenvalue weighted by Crippen LogP contribution is -2.35. The second kappa shape index (κ2) is 8.44. The van der Waals surface area contributed by atoms with Crippen LogP contribution in [-0.4, -0.2) is 21.4 Å². The van der Waals surface area contributed by atoms with E-state index in [2.05, 4.69) is 35.9 Å². The SMILES string of the molecule is CCCNC(=S)NCc1cn(-c2ccccc2)nc1-c1ccccc1. The number of nitrogens with zero attached hydrogens (tertiary/aromatic N) is 2. The zero-order valence-corrected chi connectivity index (χ0v) is 15.1. The molecule has 0 fully saturated rings. The highest BCUT2D eigenvalue weighted by Gasteiger charge is 2.12. The lowest BCUT2D eigenvalue weighted by molar-refractivity contribution is 0.799. The van der Waals surface area contributed by atoms with Crippen LogP contribution in [0, 0.1) is 0 Å². The van der Waals surface area contributed by atoms with Crippen LogP contribution >= 0.6 is 12.2 Å². The molecule has 1 heterocycles. The third-order valence-corrected chi connectivity index (χ3v) is 4.12. The minimum atomic E-state index is 0.632. The van der Waals surface area contributed by atoms with Crippen molar-refractivity contribution in [2.45, 2.75) is 19.9 Å². The van der Waals surface area contributed by atoms with Crippen LogP contribution in [0.15, 0.2) is 66.9 Å². The summed E-state index contributed by atoms with van der Waals surface area (Å²) in [7, 11) is 0. The standard InChI is InChI=1S/C20H22N4S/c1-2-13-21-20(25)22-14-17-15-24(18-11-7-4-8-12-18)23-19(17)16-9-5-3-6-10-16/h3-12,15H,2,13-14H2,1H3,(H2,21,22,25). The first kappa shape index (κ1) is 17.2. The molecule has 0 amide bonds. The molecular formula is C20H22N4S. The van der Waals surface area contributed by atoms with E-state index in [4.69, 9.17) is 17.3 Å². The Balaban J connectivity index is 1.87. The topological polar surface area (TPSA) is 41.9 Å². The first-order valence-corrected chi connectivity index (χ1v) is 8.90. The lowest BCUT2D eigenvalue weighted by Gasteiger charge is -2.09. The number of hydrogen-bond donors (Lipinski definition) is 2. The Morgan fingerprint density at radius 1 is 1.00 bits per heavy atom. The van der Waals surface area contributed by atoms with Gasteiger partial charge in [-0.1, -0.05) is 55.5 Å². The third kappa shape index (κ3) is 4.45. The minimum absolute atomic E-state index is 0.632. The molecule has 0 aliphatic heterocycles. The van der Waals surface area contributed by atoms with Gasteiger partial charge in [-0.05, 0) is 30.8 Å². The van der Waals surface area contributed by atoms with Crippen molar-refractivity contribution >= 4 is 17.3 Å². The number of rotatable bonds is 6. The Labute approximate surface area is 153 Å². The van der Waals surface area contributed by atoms with E-state index >= 15 is 0 Å². The van der Waals surface area contributed by atoms with E-state index in [0.29, 0.717) is 11.7 Å². The van der Waals surface area contributed by atoms with Gasteiger partial charge in [0.1, 0.15) is 0 Å². The highest BCUT2D eigenvalue weighted by molar-refractivity contribution is 7.80. The van der Waals surface area contributed by atoms with Gasteiger partial charge in [-0.2, -0.15) is 5.10 Å². The van der Waals surface area contributed by atoms with Crippen molar-refractivity contribution < 1.29 is 0 Å². The molecule has 4 nitrogen and oxygen atoms in total. The fourth-order valence-corrected chi connectivity index (χ4v) is 2.74. The van der Waals surface area contributed by atoms with Crippen LogP contribution in [0.3, 0.4) is 0 Å². The van der Waals surface area contributed by atoms with Gasteiger partial charge in [0.15, 0.2) is 5.11 Å². The first-order chi connectivity index (χ1) is 12.3. The van der Waals surface area contributed by atoms with E-state index < -0.39 is 0 Å². The van der Waals surface area contributed by atoms with Crippen molar-refractivity contribution in [3.05, 3.63) is 72.4 Å². The summed E-state index contributed by atoms with van der Waals surface area (Å²) in [6.07, 6.45) is 3.11. The Morgan fingerprint density at radius 2 is 1.68 bits per heavy atom. The molecule has 25 heavy (non-hydrogen) atoms. The summed E-state index contributed by atoms with van der Waals surface area (Å²) in [5, 5.41) is 11.9. The molecule has 2 aromatic carbocycles. The normalized spacial score (nSPS) is 10.4. The Kier molecular flexibility index (Phi) is 5.80. The van der Waals surface area contributed by atoms with Gasteiger partial charge in [-0.15, -0.1) is 0 Å². The largest absolute Gasteiger partial charge is 0.363 e. The maximum Gasteiger partial charge on any atom is 0.166 e. The molecule has 0 unspecified atom stereocenters. The van der Waals surface area contributed by atoms with Gasteiger partial charge in [0.2, 0.25) is 0 Å². The fourth-order valence-electron chi connectivity index (χ4n) is 2.57.